The number of rotatable bonds is 10. The molecule has 0 fully saturated rings. The zero-order valence-electron chi connectivity index (χ0n) is 11.6. The van der Waals surface area contributed by atoms with Crippen LogP contribution in [0.2, 0.25) is 0 Å². The highest BCUT2D eigenvalue weighted by atomic mass is 79.9. The van der Waals surface area contributed by atoms with Crippen molar-refractivity contribution >= 4 is 0 Å². The Morgan fingerprint density at radius 2 is 2.00 bits per heavy atom. The van der Waals surface area contributed by atoms with Crippen LogP contribution in [-0.4, -0.2) is 4.98 Å². The Kier molecular flexibility index (Phi) is 11.2. The van der Waals surface area contributed by atoms with Crippen molar-refractivity contribution < 1.29 is 21.5 Å². The van der Waals surface area contributed by atoms with Crippen molar-refractivity contribution in [1.29, 1.82) is 0 Å². The van der Waals surface area contributed by atoms with Gasteiger partial charge in [0.2, 0.25) is 6.33 Å². The van der Waals surface area contributed by atoms with Gasteiger partial charge in [0, 0.05) is 0 Å². The number of aromatic amines is 1. The summed E-state index contributed by atoms with van der Waals surface area (Å²) in [6.07, 6.45) is 18.7. The molecule has 1 atom stereocenters. The average molecular weight is 315 g/mol. The molecule has 1 unspecified atom stereocenters. The predicted molar refractivity (Wildman–Crippen MR) is 72.8 cm³/mol. The van der Waals surface area contributed by atoms with Gasteiger partial charge in [-0.25, -0.2) is 4.57 Å². The van der Waals surface area contributed by atoms with Crippen molar-refractivity contribution in [3.8, 4) is 0 Å². The highest BCUT2D eigenvalue weighted by molar-refractivity contribution is 4.69. The van der Waals surface area contributed by atoms with E-state index in [0.717, 1.165) is 6.42 Å². The lowest BCUT2D eigenvalue weighted by Crippen LogP contribution is -3.00. The number of nitrogens with one attached hydrogen (secondary N) is 1. The second-order valence-electron chi connectivity index (χ2n) is 4.78. The molecule has 0 amide bonds. The van der Waals surface area contributed by atoms with Crippen LogP contribution < -0.4 is 21.5 Å². The van der Waals surface area contributed by atoms with E-state index in [2.05, 4.69) is 35.6 Å². The molecule has 2 nitrogen and oxygen atoms in total. The van der Waals surface area contributed by atoms with Crippen LogP contribution in [0, 0.1) is 0 Å². The van der Waals surface area contributed by atoms with Crippen LogP contribution in [0.3, 0.4) is 0 Å². The highest BCUT2D eigenvalue weighted by Crippen LogP contribution is 2.16. The van der Waals surface area contributed by atoms with Gasteiger partial charge in [-0.05, 0) is 25.7 Å². The first-order valence-corrected chi connectivity index (χ1v) is 7.03. The summed E-state index contributed by atoms with van der Waals surface area (Å²) in [6, 6.07) is 0.640. The monoisotopic (exact) mass is 314 g/mol. The lowest BCUT2D eigenvalue weighted by atomic mass is 10.0. The molecule has 1 heterocycles. The molecule has 0 aliphatic carbocycles. The Balaban J connectivity index is 0.00000289. The van der Waals surface area contributed by atoms with Crippen molar-refractivity contribution in [1.82, 2.24) is 4.98 Å². The number of hydrogen-bond donors (Lipinski definition) is 1. The van der Waals surface area contributed by atoms with Crippen LogP contribution in [0.25, 0.3) is 0 Å². The minimum atomic E-state index is 0. The van der Waals surface area contributed by atoms with Crippen LogP contribution in [0.4, 0.5) is 0 Å². The van der Waals surface area contributed by atoms with Gasteiger partial charge < -0.3 is 17.0 Å². The minimum absolute atomic E-state index is 0. The summed E-state index contributed by atoms with van der Waals surface area (Å²) in [7, 11) is 0. The zero-order chi connectivity index (χ0) is 12.3. The van der Waals surface area contributed by atoms with Gasteiger partial charge in [-0.3, -0.25) is 4.98 Å². The molecule has 1 aromatic heterocycles. The van der Waals surface area contributed by atoms with Gasteiger partial charge >= 0.3 is 0 Å². The number of H-pyrrole nitrogens is 1. The van der Waals surface area contributed by atoms with E-state index in [4.69, 9.17) is 0 Å². The van der Waals surface area contributed by atoms with Gasteiger partial charge in [-0.2, -0.15) is 0 Å². The number of nitrogens with zero attached hydrogens (tertiary/aromatic N) is 1. The Hall–Kier alpha value is -0.570. The van der Waals surface area contributed by atoms with Crippen LogP contribution in [0.15, 0.2) is 31.4 Å². The van der Waals surface area contributed by atoms with Crippen LogP contribution >= 0.6 is 0 Å². The average Bonchev–Trinajstić information content (AvgIpc) is 2.86. The topological polar surface area (TPSA) is 19.7 Å². The third kappa shape index (κ3) is 7.00. The quantitative estimate of drug-likeness (QED) is 0.380. The minimum Gasteiger partial charge on any atom is -1.00 e. The SMILES string of the molecule is C=CCCC(CCCCCCC)[n+]1cc[nH]c1.[Br-]. The maximum Gasteiger partial charge on any atom is 0.241 e. The standard InChI is InChI=1S/C15H26N2.BrH/c1-3-5-7-8-9-11-15(10-6-4-2)17-13-12-16-14-17;/h4,12-15H,2-3,5-11H2,1H3;1H. The summed E-state index contributed by atoms with van der Waals surface area (Å²) in [5.41, 5.74) is 0. The Bertz CT molecular complexity index is 283. The Morgan fingerprint density at radius 1 is 1.22 bits per heavy atom. The van der Waals surface area contributed by atoms with Crippen molar-refractivity contribution in [2.24, 2.45) is 0 Å². The number of allylic oxidation sites excluding steroid dienone is 1. The first-order valence-electron chi connectivity index (χ1n) is 7.03. The van der Waals surface area contributed by atoms with E-state index in [0.29, 0.717) is 6.04 Å². The summed E-state index contributed by atoms with van der Waals surface area (Å²) >= 11 is 0. The number of aromatic nitrogens is 2. The lowest BCUT2D eigenvalue weighted by Gasteiger charge is -2.12. The van der Waals surface area contributed by atoms with E-state index < -0.39 is 0 Å². The van der Waals surface area contributed by atoms with Gasteiger partial charge in [0.05, 0.1) is 0 Å². The Labute approximate surface area is 122 Å². The summed E-state index contributed by atoms with van der Waals surface area (Å²) in [5, 5.41) is 0. The second-order valence-corrected chi connectivity index (χ2v) is 4.78. The number of imidazole rings is 1. The highest BCUT2D eigenvalue weighted by Gasteiger charge is 2.13. The van der Waals surface area contributed by atoms with Gasteiger partial charge in [-0.15, -0.1) is 6.58 Å². The van der Waals surface area contributed by atoms with Gasteiger partial charge in [0.25, 0.3) is 0 Å². The molecule has 3 heteroatoms. The van der Waals surface area contributed by atoms with Gasteiger partial charge in [-0.1, -0.05) is 38.7 Å². The molecule has 104 valence electrons. The zero-order valence-corrected chi connectivity index (χ0v) is 13.2. The molecule has 0 spiro atoms. The largest absolute Gasteiger partial charge is 1.00 e. The van der Waals surface area contributed by atoms with Crippen molar-refractivity contribution in [2.45, 2.75) is 64.3 Å². The lowest BCUT2D eigenvalue weighted by molar-refractivity contribution is -0.723. The normalized spacial score (nSPS) is 11.8. The predicted octanol–water partition coefficient (Wildman–Crippen LogP) is 1.17. The first kappa shape index (κ1) is 17.4. The number of halogens is 1. The summed E-state index contributed by atoms with van der Waals surface area (Å²) in [5.74, 6) is 0. The smallest absolute Gasteiger partial charge is 0.241 e. The van der Waals surface area contributed by atoms with Gasteiger partial charge in [0.15, 0.2) is 0 Å². The Morgan fingerprint density at radius 3 is 2.61 bits per heavy atom. The fourth-order valence-corrected chi connectivity index (χ4v) is 2.26. The van der Waals surface area contributed by atoms with Crippen LogP contribution in [0.1, 0.15) is 64.3 Å². The maximum atomic E-state index is 3.82. The van der Waals surface area contributed by atoms with E-state index in [1.54, 1.807) is 0 Å². The maximum absolute atomic E-state index is 3.82. The third-order valence-corrected chi connectivity index (χ3v) is 3.33. The summed E-state index contributed by atoms with van der Waals surface area (Å²) in [4.78, 5) is 3.13. The number of hydrogen-bond acceptors (Lipinski definition) is 0. The van der Waals surface area contributed by atoms with Crippen LogP contribution in [0.5, 0.6) is 0 Å². The van der Waals surface area contributed by atoms with Crippen molar-refractivity contribution in [3.63, 3.8) is 0 Å². The number of unbranched alkanes of at least 4 members (excludes halogenated alkanes) is 4. The van der Waals surface area contributed by atoms with Crippen molar-refractivity contribution in [2.75, 3.05) is 0 Å². The first-order chi connectivity index (χ1) is 8.38. The molecule has 0 radical (unpaired) electrons. The van der Waals surface area contributed by atoms with E-state index >= 15 is 0 Å². The van der Waals surface area contributed by atoms with Gasteiger partial charge in [0.1, 0.15) is 18.4 Å². The molecule has 0 saturated heterocycles. The molecule has 1 aromatic rings. The molecule has 18 heavy (non-hydrogen) atoms. The molecule has 1 rings (SSSR count). The van der Waals surface area contributed by atoms with E-state index in [1.807, 2.05) is 12.3 Å². The molecular formula is C15H27BrN2. The fourth-order valence-electron chi connectivity index (χ4n) is 2.26. The van der Waals surface area contributed by atoms with E-state index in [-0.39, 0.29) is 17.0 Å². The molecular weight excluding hydrogens is 288 g/mol. The molecule has 0 aromatic carbocycles. The fraction of sp³-hybridized carbons (Fsp3) is 0.667. The van der Waals surface area contributed by atoms with E-state index in [1.165, 1.54) is 44.9 Å². The molecule has 0 aliphatic rings. The van der Waals surface area contributed by atoms with Crippen LogP contribution in [-0.2, 0) is 0 Å². The molecule has 0 saturated carbocycles. The molecule has 0 aliphatic heterocycles. The third-order valence-electron chi connectivity index (χ3n) is 3.33. The summed E-state index contributed by atoms with van der Waals surface area (Å²) < 4.78 is 2.31. The summed E-state index contributed by atoms with van der Waals surface area (Å²) in [6.45, 7) is 6.08. The molecule has 0 bridgehead atoms. The van der Waals surface area contributed by atoms with E-state index in [9.17, 15) is 0 Å². The second kappa shape index (κ2) is 11.5. The molecule has 1 N–H and O–H groups in total. The van der Waals surface area contributed by atoms with Crippen molar-refractivity contribution in [3.05, 3.63) is 31.4 Å².